The molecule has 2 N–H and O–H groups in total. The van der Waals surface area contributed by atoms with Crippen LogP contribution in [0, 0.1) is 13.8 Å². The third kappa shape index (κ3) is 4.23. The van der Waals surface area contributed by atoms with E-state index in [0.717, 1.165) is 5.56 Å². The lowest BCUT2D eigenvalue weighted by Gasteiger charge is -2.10. The minimum absolute atomic E-state index is 0.278. The highest BCUT2D eigenvalue weighted by molar-refractivity contribution is 6.08. The van der Waals surface area contributed by atoms with Crippen LogP contribution in [0.3, 0.4) is 0 Å². The average Bonchev–Trinajstić information content (AvgIpc) is 2.95. The summed E-state index contributed by atoms with van der Waals surface area (Å²) >= 11 is 0. The highest BCUT2D eigenvalue weighted by Crippen LogP contribution is 2.21. The number of aromatic nitrogens is 2. The van der Waals surface area contributed by atoms with Crippen LogP contribution in [-0.4, -0.2) is 21.6 Å². The normalized spacial score (nSPS) is 10.5. The monoisotopic (exact) mass is 362 g/mol. The molecule has 0 aliphatic heterocycles. The Morgan fingerprint density at radius 3 is 2.30 bits per heavy atom. The molecule has 2 amide bonds. The number of benzene rings is 2. The Labute approximate surface area is 158 Å². The zero-order valence-corrected chi connectivity index (χ0v) is 15.6. The highest BCUT2D eigenvalue weighted by atomic mass is 16.2. The molecule has 0 aliphatic carbocycles. The fraction of sp³-hybridized carbons (Fsp3) is 0.190. The van der Waals surface area contributed by atoms with Crippen molar-refractivity contribution in [1.82, 2.24) is 15.1 Å². The van der Waals surface area contributed by atoms with Crippen molar-refractivity contribution in [3.05, 3.63) is 82.7 Å². The molecule has 6 heteroatoms. The van der Waals surface area contributed by atoms with E-state index in [2.05, 4.69) is 15.7 Å². The van der Waals surface area contributed by atoms with Crippen molar-refractivity contribution in [2.24, 2.45) is 7.05 Å². The van der Waals surface area contributed by atoms with Gasteiger partial charge in [-0.15, -0.1) is 0 Å². The number of anilines is 1. The Morgan fingerprint density at radius 1 is 0.963 bits per heavy atom. The number of rotatable bonds is 5. The molecule has 0 atom stereocenters. The first-order chi connectivity index (χ1) is 13.0. The zero-order valence-electron chi connectivity index (χ0n) is 15.6. The van der Waals surface area contributed by atoms with E-state index in [1.807, 2.05) is 37.3 Å². The molecule has 0 spiro atoms. The molecule has 3 aromatic rings. The maximum atomic E-state index is 12.7. The molecule has 3 rings (SSSR count). The highest BCUT2D eigenvalue weighted by Gasteiger charge is 2.22. The summed E-state index contributed by atoms with van der Waals surface area (Å²) in [5.41, 5.74) is 4.02. The van der Waals surface area contributed by atoms with Gasteiger partial charge in [0, 0.05) is 19.2 Å². The van der Waals surface area contributed by atoms with Gasteiger partial charge in [0.25, 0.3) is 11.8 Å². The molecule has 1 aromatic heterocycles. The molecule has 0 saturated heterocycles. The van der Waals surface area contributed by atoms with E-state index >= 15 is 0 Å². The Kier molecular flexibility index (Phi) is 5.35. The molecule has 2 aromatic carbocycles. The lowest BCUT2D eigenvalue weighted by atomic mass is 10.1. The van der Waals surface area contributed by atoms with Gasteiger partial charge in [0.15, 0.2) is 0 Å². The number of nitrogens with zero attached hydrogens (tertiary/aromatic N) is 2. The van der Waals surface area contributed by atoms with Crippen LogP contribution >= 0.6 is 0 Å². The molecule has 0 bridgehead atoms. The van der Waals surface area contributed by atoms with E-state index in [1.165, 1.54) is 10.2 Å². The molecule has 6 nitrogen and oxygen atoms in total. The maximum absolute atomic E-state index is 12.7. The smallest absolute Gasteiger partial charge is 0.271 e. The van der Waals surface area contributed by atoms with E-state index < -0.39 is 0 Å². The quantitative estimate of drug-likeness (QED) is 0.732. The van der Waals surface area contributed by atoms with Gasteiger partial charge in [0.1, 0.15) is 5.69 Å². The summed E-state index contributed by atoms with van der Waals surface area (Å²) in [6.07, 6.45) is 0. The van der Waals surface area contributed by atoms with Crippen molar-refractivity contribution in [2.75, 3.05) is 5.32 Å². The Morgan fingerprint density at radius 2 is 1.63 bits per heavy atom. The largest absolute Gasteiger partial charge is 0.347 e. The van der Waals surface area contributed by atoms with Gasteiger partial charge in [0.2, 0.25) is 0 Å². The van der Waals surface area contributed by atoms with E-state index in [-0.39, 0.29) is 11.8 Å². The first-order valence-corrected chi connectivity index (χ1v) is 8.69. The standard InChI is InChI=1S/C21H22N4O2/c1-14-9-11-16(12-10-14)13-22-21(27)19-18(15(2)24-25(19)3)23-20(26)17-7-5-4-6-8-17/h4-12H,13H2,1-3H3,(H,22,27)(H,23,26). The molecule has 138 valence electrons. The van der Waals surface area contributed by atoms with E-state index in [4.69, 9.17) is 0 Å². The lowest BCUT2D eigenvalue weighted by Crippen LogP contribution is -2.27. The molecule has 27 heavy (non-hydrogen) atoms. The fourth-order valence-electron chi connectivity index (χ4n) is 2.82. The number of hydrogen-bond donors (Lipinski definition) is 2. The SMILES string of the molecule is Cc1ccc(CNC(=O)c2c(NC(=O)c3ccccc3)c(C)nn2C)cc1. The molecule has 0 saturated carbocycles. The minimum atomic E-state index is -0.290. The Hall–Kier alpha value is -3.41. The second-order valence-corrected chi connectivity index (χ2v) is 6.42. The van der Waals surface area contributed by atoms with Gasteiger partial charge in [-0.2, -0.15) is 5.10 Å². The van der Waals surface area contributed by atoms with Crippen molar-refractivity contribution in [2.45, 2.75) is 20.4 Å². The topological polar surface area (TPSA) is 76.0 Å². The van der Waals surface area contributed by atoms with Gasteiger partial charge in [-0.3, -0.25) is 14.3 Å². The van der Waals surface area contributed by atoms with Crippen molar-refractivity contribution >= 4 is 17.5 Å². The van der Waals surface area contributed by atoms with Gasteiger partial charge in [-0.05, 0) is 31.5 Å². The van der Waals surface area contributed by atoms with Crippen LogP contribution in [-0.2, 0) is 13.6 Å². The minimum Gasteiger partial charge on any atom is -0.347 e. The number of nitrogens with one attached hydrogen (secondary N) is 2. The first kappa shape index (κ1) is 18.4. The first-order valence-electron chi connectivity index (χ1n) is 8.69. The zero-order chi connectivity index (χ0) is 19.4. The third-order valence-corrected chi connectivity index (χ3v) is 4.29. The predicted octanol–water partition coefficient (Wildman–Crippen LogP) is 3.22. The summed E-state index contributed by atoms with van der Waals surface area (Å²) in [7, 11) is 1.69. The summed E-state index contributed by atoms with van der Waals surface area (Å²) in [4.78, 5) is 25.2. The average molecular weight is 362 g/mol. The summed E-state index contributed by atoms with van der Waals surface area (Å²) in [6, 6.07) is 16.8. The molecular formula is C21H22N4O2. The van der Waals surface area contributed by atoms with E-state index in [0.29, 0.717) is 29.2 Å². The van der Waals surface area contributed by atoms with Crippen LogP contribution in [0.25, 0.3) is 0 Å². The molecular weight excluding hydrogens is 340 g/mol. The third-order valence-electron chi connectivity index (χ3n) is 4.29. The van der Waals surface area contributed by atoms with Crippen LogP contribution in [0.15, 0.2) is 54.6 Å². The fourth-order valence-corrected chi connectivity index (χ4v) is 2.82. The molecule has 0 fully saturated rings. The van der Waals surface area contributed by atoms with Gasteiger partial charge >= 0.3 is 0 Å². The van der Waals surface area contributed by atoms with Crippen molar-refractivity contribution in [3.8, 4) is 0 Å². The number of aryl methyl sites for hydroxylation is 3. The number of hydrogen-bond acceptors (Lipinski definition) is 3. The van der Waals surface area contributed by atoms with Crippen LogP contribution in [0.2, 0.25) is 0 Å². The summed E-state index contributed by atoms with van der Waals surface area (Å²) in [5.74, 6) is -0.568. The van der Waals surface area contributed by atoms with Crippen LogP contribution in [0.5, 0.6) is 0 Å². The molecule has 0 unspecified atom stereocenters. The Bertz CT molecular complexity index is 960. The second-order valence-electron chi connectivity index (χ2n) is 6.42. The van der Waals surface area contributed by atoms with Crippen molar-refractivity contribution < 1.29 is 9.59 Å². The second kappa shape index (κ2) is 7.86. The summed E-state index contributed by atoms with van der Waals surface area (Å²) in [6.45, 7) is 4.18. The van der Waals surface area contributed by atoms with Crippen molar-refractivity contribution in [1.29, 1.82) is 0 Å². The van der Waals surface area contributed by atoms with Crippen molar-refractivity contribution in [3.63, 3.8) is 0 Å². The van der Waals surface area contributed by atoms with Crippen LogP contribution in [0.4, 0.5) is 5.69 Å². The number of carbonyl (C=O) groups excluding carboxylic acids is 2. The van der Waals surface area contributed by atoms with Crippen LogP contribution < -0.4 is 10.6 Å². The Balaban J connectivity index is 1.77. The maximum Gasteiger partial charge on any atom is 0.271 e. The summed E-state index contributed by atoms with van der Waals surface area (Å²) < 4.78 is 1.49. The van der Waals surface area contributed by atoms with E-state index in [9.17, 15) is 9.59 Å². The van der Waals surface area contributed by atoms with Gasteiger partial charge in [-0.25, -0.2) is 0 Å². The van der Waals surface area contributed by atoms with Gasteiger partial charge < -0.3 is 10.6 Å². The van der Waals surface area contributed by atoms with Gasteiger partial charge in [-0.1, -0.05) is 48.0 Å². The predicted molar refractivity (Wildman–Crippen MR) is 105 cm³/mol. The number of carbonyl (C=O) groups is 2. The molecule has 0 aliphatic rings. The molecule has 0 radical (unpaired) electrons. The number of amides is 2. The van der Waals surface area contributed by atoms with Crippen LogP contribution in [0.1, 0.15) is 37.7 Å². The lowest BCUT2D eigenvalue weighted by molar-refractivity contribution is 0.0942. The van der Waals surface area contributed by atoms with E-state index in [1.54, 1.807) is 38.2 Å². The van der Waals surface area contributed by atoms with Gasteiger partial charge in [0.05, 0.1) is 11.4 Å². The molecule has 1 heterocycles. The summed E-state index contributed by atoms with van der Waals surface area (Å²) in [5, 5.41) is 10.00.